The fraction of sp³-hybridized carbons (Fsp3) is 0.636. The number of hydrogen-bond donors (Lipinski definition) is 1. The first-order chi connectivity index (χ1) is 15.0. The van der Waals surface area contributed by atoms with E-state index in [4.69, 9.17) is 9.72 Å². The molecule has 9 nitrogen and oxygen atoms in total. The molecule has 1 saturated heterocycles. The fourth-order valence-corrected chi connectivity index (χ4v) is 4.55. The maximum atomic E-state index is 13.5. The average Bonchev–Trinajstić information content (AvgIpc) is 3.01. The van der Waals surface area contributed by atoms with E-state index in [9.17, 15) is 13.2 Å². The minimum absolute atomic E-state index is 0.0201. The molecular weight excluding hydrogens is 430 g/mol. The normalized spacial score (nSPS) is 17.3. The Hall–Kier alpha value is -2.17. The van der Waals surface area contributed by atoms with Gasteiger partial charge in [-0.25, -0.2) is 4.98 Å². The summed E-state index contributed by atoms with van der Waals surface area (Å²) in [5, 5.41) is 0. The summed E-state index contributed by atoms with van der Waals surface area (Å²) in [6.45, 7) is 5.43. The van der Waals surface area contributed by atoms with Gasteiger partial charge in [0.2, 0.25) is 0 Å². The van der Waals surface area contributed by atoms with Crippen LogP contribution < -0.4 is 4.72 Å². The van der Waals surface area contributed by atoms with Gasteiger partial charge in [0.05, 0.1) is 28.4 Å². The zero-order valence-electron chi connectivity index (χ0n) is 19.9. The number of aryl methyl sites for hydroxylation is 1. The molecule has 0 bridgehead atoms. The number of ether oxygens (including phenoxy) is 1. The Morgan fingerprint density at radius 2 is 2.00 bits per heavy atom. The van der Waals surface area contributed by atoms with Gasteiger partial charge in [-0.1, -0.05) is 13.8 Å². The van der Waals surface area contributed by atoms with Gasteiger partial charge in [-0.15, -0.1) is 0 Å². The van der Waals surface area contributed by atoms with Crippen molar-refractivity contribution in [1.82, 2.24) is 18.8 Å². The van der Waals surface area contributed by atoms with Crippen molar-refractivity contribution < 1.29 is 17.9 Å². The summed E-state index contributed by atoms with van der Waals surface area (Å²) in [6.07, 6.45) is 3.85. The van der Waals surface area contributed by atoms with E-state index < -0.39 is 10.2 Å². The number of likely N-dealkylation sites (N-methyl/N-ethyl adjacent to an activating group) is 1. The molecule has 32 heavy (non-hydrogen) atoms. The average molecular weight is 466 g/mol. The van der Waals surface area contributed by atoms with Gasteiger partial charge in [0.1, 0.15) is 5.82 Å². The quantitative estimate of drug-likeness (QED) is 0.646. The monoisotopic (exact) mass is 465 g/mol. The molecule has 2 heterocycles. The molecule has 0 radical (unpaired) electrons. The first-order valence-corrected chi connectivity index (χ1v) is 12.5. The molecule has 1 amide bonds. The molecule has 0 unspecified atom stereocenters. The van der Waals surface area contributed by atoms with Gasteiger partial charge in [-0.05, 0) is 37.3 Å². The van der Waals surface area contributed by atoms with E-state index in [1.165, 1.54) is 14.1 Å². The van der Waals surface area contributed by atoms with Crippen LogP contribution in [0.5, 0.6) is 0 Å². The van der Waals surface area contributed by atoms with Crippen LogP contribution in [0, 0.1) is 5.92 Å². The van der Waals surface area contributed by atoms with Crippen molar-refractivity contribution in [2.24, 2.45) is 13.0 Å². The zero-order chi connectivity index (χ0) is 23.6. The Bertz CT molecular complexity index is 1070. The number of benzene rings is 1. The molecule has 1 atom stereocenters. The first-order valence-electron chi connectivity index (χ1n) is 11.1. The van der Waals surface area contributed by atoms with Crippen LogP contribution in [0.3, 0.4) is 0 Å². The van der Waals surface area contributed by atoms with Crippen molar-refractivity contribution in [2.45, 2.75) is 45.6 Å². The molecule has 1 N–H and O–H groups in total. The lowest BCUT2D eigenvalue weighted by Crippen LogP contribution is -2.37. The summed E-state index contributed by atoms with van der Waals surface area (Å²) in [4.78, 5) is 19.9. The van der Waals surface area contributed by atoms with Crippen molar-refractivity contribution in [3.8, 4) is 0 Å². The second kappa shape index (κ2) is 9.76. The summed E-state index contributed by atoms with van der Waals surface area (Å²) < 4.78 is 36.2. The number of fused-ring (bicyclic) bond motifs is 1. The van der Waals surface area contributed by atoms with Crippen LogP contribution in [0.1, 0.15) is 49.3 Å². The highest BCUT2D eigenvalue weighted by molar-refractivity contribution is 7.90. The van der Waals surface area contributed by atoms with Crippen molar-refractivity contribution in [3.05, 3.63) is 23.5 Å². The Morgan fingerprint density at radius 3 is 2.59 bits per heavy atom. The van der Waals surface area contributed by atoms with Crippen molar-refractivity contribution in [1.29, 1.82) is 0 Å². The van der Waals surface area contributed by atoms with Crippen molar-refractivity contribution >= 4 is 32.8 Å². The second-order valence-corrected chi connectivity index (χ2v) is 11.0. The Kier molecular flexibility index (Phi) is 7.46. The van der Waals surface area contributed by atoms with E-state index in [0.29, 0.717) is 34.7 Å². The van der Waals surface area contributed by atoms with E-state index in [-0.39, 0.29) is 12.0 Å². The van der Waals surface area contributed by atoms with Crippen LogP contribution in [-0.2, 0) is 28.4 Å². The van der Waals surface area contributed by atoms with Gasteiger partial charge in [0.25, 0.3) is 5.91 Å². The van der Waals surface area contributed by atoms with E-state index in [1.54, 1.807) is 24.1 Å². The number of imidazole rings is 1. The molecule has 10 heteroatoms. The predicted octanol–water partition coefficient (Wildman–Crippen LogP) is 2.63. The second-order valence-electron chi connectivity index (χ2n) is 9.14. The predicted molar refractivity (Wildman–Crippen MR) is 126 cm³/mol. The SMILES string of the molecule is CC(C)Cc1nc2cc(NS(=O)(=O)N(C)C)cc(C(=O)N(C)C[C@H]3CCCCO3)c2n1C. The van der Waals surface area contributed by atoms with Gasteiger partial charge < -0.3 is 14.2 Å². The largest absolute Gasteiger partial charge is 0.376 e. The third-order valence-electron chi connectivity index (χ3n) is 5.71. The molecule has 0 aliphatic carbocycles. The summed E-state index contributed by atoms with van der Waals surface area (Å²) in [7, 11) is 2.84. The molecule has 1 aliphatic heterocycles. The summed E-state index contributed by atoms with van der Waals surface area (Å²) >= 11 is 0. The van der Waals surface area contributed by atoms with Gasteiger partial charge >= 0.3 is 10.2 Å². The van der Waals surface area contributed by atoms with Crippen molar-refractivity contribution in [3.63, 3.8) is 0 Å². The fourth-order valence-electron chi connectivity index (χ4n) is 3.96. The molecule has 178 valence electrons. The highest BCUT2D eigenvalue weighted by Gasteiger charge is 2.25. The molecule has 1 fully saturated rings. The molecular formula is C22H35N5O4S. The van der Waals surface area contributed by atoms with E-state index in [1.807, 2.05) is 11.6 Å². The summed E-state index contributed by atoms with van der Waals surface area (Å²) in [5.41, 5.74) is 2.02. The van der Waals surface area contributed by atoms with Crippen molar-refractivity contribution in [2.75, 3.05) is 39.0 Å². The lowest BCUT2D eigenvalue weighted by molar-refractivity contribution is -0.000158. The third kappa shape index (κ3) is 5.41. The number of hydrogen-bond acceptors (Lipinski definition) is 5. The summed E-state index contributed by atoms with van der Waals surface area (Å²) in [6, 6.07) is 3.28. The molecule has 1 aromatic heterocycles. The van der Waals surface area contributed by atoms with Crippen LogP contribution in [-0.4, -0.2) is 73.5 Å². The van der Waals surface area contributed by atoms with Gasteiger partial charge in [-0.3, -0.25) is 9.52 Å². The Labute approximate surface area is 190 Å². The van der Waals surface area contributed by atoms with Crippen LogP contribution >= 0.6 is 0 Å². The first kappa shape index (κ1) is 24.5. The Morgan fingerprint density at radius 1 is 1.28 bits per heavy atom. The number of nitrogens with zero attached hydrogens (tertiary/aromatic N) is 4. The molecule has 2 aromatic rings. The van der Waals surface area contributed by atoms with E-state index in [2.05, 4.69) is 18.6 Å². The Balaban J connectivity index is 2.04. The number of rotatable bonds is 8. The maximum Gasteiger partial charge on any atom is 0.301 e. The summed E-state index contributed by atoms with van der Waals surface area (Å²) in [5.74, 6) is 1.06. The molecule has 3 rings (SSSR count). The topological polar surface area (TPSA) is 96.8 Å². The highest BCUT2D eigenvalue weighted by atomic mass is 32.2. The number of amides is 1. The molecule has 0 spiro atoms. The van der Waals surface area contributed by atoms with E-state index in [0.717, 1.165) is 42.4 Å². The van der Waals surface area contributed by atoms with Crippen LogP contribution in [0.4, 0.5) is 5.69 Å². The van der Waals surface area contributed by atoms with Gasteiger partial charge in [0, 0.05) is 47.8 Å². The van der Waals surface area contributed by atoms with Crippen LogP contribution in [0.25, 0.3) is 11.0 Å². The van der Waals surface area contributed by atoms with Gasteiger partial charge in [0.15, 0.2) is 0 Å². The molecule has 1 aromatic carbocycles. The minimum Gasteiger partial charge on any atom is -0.376 e. The molecule has 1 aliphatic rings. The molecule has 0 saturated carbocycles. The lowest BCUT2D eigenvalue weighted by atomic mass is 10.1. The number of nitrogens with one attached hydrogen (secondary N) is 1. The standard InChI is InChI=1S/C22H35N5O4S/c1-15(2)11-20-23-19-13-16(24-32(29,30)25(3)4)12-18(21(19)27(20)6)22(28)26(5)14-17-9-7-8-10-31-17/h12-13,15,17,24H,7-11,14H2,1-6H3/t17-/m1/s1. The number of carbonyl (C=O) groups excluding carboxylic acids is 1. The third-order valence-corrected chi connectivity index (χ3v) is 7.16. The lowest BCUT2D eigenvalue weighted by Gasteiger charge is -2.27. The number of carbonyl (C=O) groups is 1. The maximum absolute atomic E-state index is 13.5. The van der Waals surface area contributed by atoms with Crippen LogP contribution in [0.2, 0.25) is 0 Å². The van der Waals surface area contributed by atoms with Crippen LogP contribution in [0.15, 0.2) is 12.1 Å². The van der Waals surface area contributed by atoms with Gasteiger partial charge in [-0.2, -0.15) is 12.7 Å². The van der Waals surface area contributed by atoms with E-state index >= 15 is 0 Å². The number of anilines is 1. The number of aromatic nitrogens is 2. The smallest absolute Gasteiger partial charge is 0.301 e. The highest BCUT2D eigenvalue weighted by Crippen LogP contribution is 2.28. The zero-order valence-corrected chi connectivity index (χ0v) is 20.7. The minimum atomic E-state index is -3.72.